The molecule has 0 amide bonds. The molecule has 2 aromatic carbocycles. The predicted octanol–water partition coefficient (Wildman–Crippen LogP) is 15.7. The molecule has 1 aromatic heterocycles. The predicted molar refractivity (Wildman–Crippen MR) is 262 cm³/mol. The van der Waals surface area contributed by atoms with Crippen molar-refractivity contribution >= 4 is 17.0 Å². The minimum Gasteiger partial charge on any atom is -0.662 e. The van der Waals surface area contributed by atoms with Crippen molar-refractivity contribution in [3.63, 3.8) is 0 Å². The standard InChI is InChI=1S/C43H48N3.C8H14N.C2H6.C2H2.W/c1-4-7-11-18-34(17-6-3)24-30-42(45-39-28-26-38(27-29-39)44-37-19-13-9-14-20-37)35-25-31-43-36(32-35)33-41(23-12-8-5-2)46(43)40-21-15-10-16-22-40;1-3-4-5-7(2)8-6-9-8;2*1-2;/h4-8,10,12-13,15-16,19-26,28,30-34,42,45H,3,9,11,14,17-18,27,29H2,1-2H3;3-4,7-8H,5-6H2,1-2H3;1-2H3;1-2H;/q2*-1;;;+2/b7-4-,8-5-,23-12-,30-24-;4-3-;;;. The average Bonchev–Trinajstić information content (AvgIpc) is 4.08. The minimum absolute atomic E-state index is 0. The van der Waals surface area contributed by atoms with Gasteiger partial charge in [0.05, 0.1) is 11.6 Å². The minimum atomic E-state index is 0. The van der Waals surface area contributed by atoms with Gasteiger partial charge in [0.15, 0.2) is 0 Å². The van der Waals surface area contributed by atoms with Crippen LogP contribution in [0, 0.1) is 24.7 Å². The van der Waals surface area contributed by atoms with Crippen LogP contribution >= 0.6 is 0 Å². The van der Waals surface area contributed by atoms with Gasteiger partial charge in [0.2, 0.25) is 0 Å². The van der Waals surface area contributed by atoms with Crippen molar-refractivity contribution in [2.75, 3.05) is 6.54 Å². The Morgan fingerprint density at radius 1 is 0.917 bits per heavy atom. The Bertz CT molecular complexity index is 1990. The van der Waals surface area contributed by atoms with Crippen LogP contribution in [0.2, 0.25) is 0 Å². The van der Waals surface area contributed by atoms with Crippen molar-refractivity contribution in [1.29, 1.82) is 0 Å². The Morgan fingerprint density at radius 3 is 2.32 bits per heavy atom. The molecule has 3 aliphatic rings. The van der Waals surface area contributed by atoms with E-state index in [9.17, 15) is 0 Å². The SMILES string of the molecule is C#C.C/C=C\CC(C)C1C[N-]1.C=CCC(/C=C\C(NC1=CC=C([N-]C2=CCCC=C2)CC1)c1ccc2c(c1)cc(/C=C\C=C/C)n2-c1ccccc1)CC/C=C\C.CC.[W+2]. The molecule has 1 saturated heterocycles. The number of benzene rings is 2. The Labute approximate surface area is 379 Å². The van der Waals surface area contributed by atoms with Crippen LogP contribution in [0.25, 0.3) is 33.3 Å². The summed E-state index contributed by atoms with van der Waals surface area (Å²) >= 11 is 0. The van der Waals surface area contributed by atoms with Gasteiger partial charge in [0, 0.05) is 22.5 Å². The van der Waals surface area contributed by atoms with Crippen LogP contribution in [0.3, 0.4) is 0 Å². The fourth-order valence-corrected chi connectivity index (χ4v) is 7.01. The Morgan fingerprint density at radius 2 is 1.68 bits per heavy atom. The summed E-state index contributed by atoms with van der Waals surface area (Å²) in [5.74, 6) is 1.23. The molecule has 4 unspecified atom stereocenters. The van der Waals surface area contributed by atoms with Crippen LogP contribution in [0.1, 0.15) is 110 Å². The molecule has 4 nitrogen and oxygen atoms in total. The monoisotopic (exact) mass is 971 g/mol. The molecule has 0 spiro atoms. The van der Waals surface area contributed by atoms with Gasteiger partial charge in [0.25, 0.3) is 0 Å². The number of aromatic nitrogens is 1. The van der Waals surface area contributed by atoms with E-state index in [1.807, 2.05) is 26.8 Å². The van der Waals surface area contributed by atoms with Crippen molar-refractivity contribution in [3.8, 4) is 18.5 Å². The first-order valence-electron chi connectivity index (χ1n) is 21.8. The van der Waals surface area contributed by atoms with Crippen LogP contribution in [0.4, 0.5) is 0 Å². The molecule has 5 heteroatoms. The molecule has 0 saturated carbocycles. The van der Waals surface area contributed by atoms with Gasteiger partial charge in [-0.3, -0.25) is 0 Å². The van der Waals surface area contributed by atoms with Crippen molar-refractivity contribution in [2.45, 2.75) is 105 Å². The third kappa shape index (κ3) is 17.4. The van der Waals surface area contributed by atoms with Crippen molar-refractivity contribution in [2.24, 2.45) is 11.8 Å². The van der Waals surface area contributed by atoms with E-state index < -0.39 is 0 Å². The fraction of sp³-hybridized carbons (Fsp3) is 0.345. The van der Waals surface area contributed by atoms with E-state index in [0.717, 1.165) is 80.2 Å². The van der Waals surface area contributed by atoms with E-state index in [-0.39, 0.29) is 27.1 Å². The molecule has 4 atom stereocenters. The summed E-state index contributed by atoms with van der Waals surface area (Å²) in [6.45, 7) is 17.6. The maximum absolute atomic E-state index is 4.90. The third-order valence-corrected chi connectivity index (χ3v) is 10.3. The average molecular weight is 971 g/mol. The van der Waals surface area contributed by atoms with Gasteiger partial charge in [-0.25, -0.2) is 0 Å². The smallest absolute Gasteiger partial charge is 0.662 e. The van der Waals surface area contributed by atoms with E-state index in [1.54, 1.807) is 0 Å². The van der Waals surface area contributed by atoms with Crippen LogP contribution in [0.5, 0.6) is 0 Å². The molecule has 0 bridgehead atoms. The van der Waals surface area contributed by atoms with Crippen LogP contribution in [-0.4, -0.2) is 17.2 Å². The van der Waals surface area contributed by atoms with E-state index in [1.165, 1.54) is 28.6 Å². The number of allylic oxidation sites excluding steroid dienone is 16. The summed E-state index contributed by atoms with van der Waals surface area (Å²) in [7, 11) is 0. The summed E-state index contributed by atoms with van der Waals surface area (Å²) in [6.07, 6.45) is 51.4. The number of rotatable bonds is 18. The Kier molecular flexibility index (Phi) is 25.9. The Hall–Kier alpha value is -4.81. The van der Waals surface area contributed by atoms with Crippen molar-refractivity contribution in [3.05, 3.63) is 191 Å². The van der Waals surface area contributed by atoms with E-state index in [2.05, 4.69) is 201 Å². The molecule has 2 heterocycles. The van der Waals surface area contributed by atoms with Gasteiger partial charge in [-0.15, -0.1) is 25.1 Å². The first-order chi connectivity index (χ1) is 29.0. The topological polar surface area (TPSA) is 45.2 Å². The molecule has 316 valence electrons. The van der Waals surface area contributed by atoms with E-state index in [4.69, 9.17) is 5.32 Å². The van der Waals surface area contributed by atoms with Gasteiger partial charge in [-0.2, -0.15) is 18.3 Å². The van der Waals surface area contributed by atoms with Gasteiger partial charge in [-0.05, 0) is 126 Å². The van der Waals surface area contributed by atoms with E-state index in [0.29, 0.717) is 12.0 Å². The summed E-state index contributed by atoms with van der Waals surface area (Å²) in [6, 6.07) is 20.6. The number of terminal acetylenes is 1. The zero-order valence-electron chi connectivity index (χ0n) is 37.2. The van der Waals surface area contributed by atoms with Gasteiger partial charge >= 0.3 is 21.1 Å². The summed E-state index contributed by atoms with van der Waals surface area (Å²) in [4.78, 5) is 0. The second-order valence-corrected chi connectivity index (χ2v) is 14.7. The molecular formula is C55H70N4W. The zero-order chi connectivity index (χ0) is 42.7. The molecule has 1 N–H and O–H groups in total. The number of para-hydroxylation sites is 1. The normalized spacial score (nSPS) is 17.3. The zero-order valence-corrected chi connectivity index (χ0v) is 40.2. The maximum Gasteiger partial charge on any atom is 2.00 e. The quantitative estimate of drug-likeness (QED) is 0.0587. The molecule has 1 aliphatic heterocycles. The first kappa shape index (κ1) is 51.3. The second-order valence-electron chi connectivity index (χ2n) is 14.7. The Balaban J connectivity index is 0.000000769. The molecule has 60 heavy (non-hydrogen) atoms. The fourth-order valence-electron chi connectivity index (χ4n) is 7.01. The second kappa shape index (κ2) is 30.2. The summed E-state index contributed by atoms with van der Waals surface area (Å²) < 4.78 is 2.34. The van der Waals surface area contributed by atoms with Crippen LogP contribution < -0.4 is 5.32 Å². The largest absolute Gasteiger partial charge is 2.00 e. The maximum atomic E-state index is 4.90. The van der Waals surface area contributed by atoms with E-state index >= 15 is 0 Å². The number of fused-ring (bicyclic) bond motifs is 1. The molecule has 3 aromatic rings. The molecular weight excluding hydrogens is 900 g/mol. The van der Waals surface area contributed by atoms with Gasteiger partial charge < -0.3 is 20.5 Å². The van der Waals surface area contributed by atoms with Crippen molar-refractivity contribution in [1.82, 2.24) is 9.88 Å². The molecule has 0 radical (unpaired) electrons. The number of nitrogens with one attached hydrogen (secondary N) is 1. The molecule has 2 aliphatic carbocycles. The third-order valence-electron chi connectivity index (χ3n) is 10.3. The van der Waals surface area contributed by atoms with Crippen LogP contribution in [0.15, 0.2) is 169 Å². The van der Waals surface area contributed by atoms with Crippen molar-refractivity contribution < 1.29 is 21.1 Å². The summed E-state index contributed by atoms with van der Waals surface area (Å²) in [5.41, 5.74) is 8.25. The van der Waals surface area contributed by atoms with Gasteiger partial charge in [0.1, 0.15) is 0 Å². The molecule has 1 fully saturated rings. The first-order valence-corrected chi connectivity index (χ1v) is 21.8. The van der Waals surface area contributed by atoms with Crippen LogP contribution in [-0.2, 0) is 21.1 Å². The number of hydrogen-bond acceptors (Lipinski definition) is 1. The van der Waals surface area contributed by atoms with Gasteiger partial charge in [-0.1, -0.05) is 136 Å². The number of hydrogen-bond donors (Lipinski definition) is 1. The molecule has 6 rings (SSSR count). The summed E-state index contributed by atoms with van der Waals surface area (Å²) in [5, 5.41) is 14.3. The number of nitrogens with zero attached hydrogens (tertiary/aromatic N) is 3.